The molecule has 0 radical (unpaired) electrons. The van der Waals surface area contributed by atoms with E-state index in [1.807, 2.05) is 31.2 Å². The van der Waals surface area contributed by atoms with E-state index in [1.165, 1.54) is 0 Å². The first-order valence-corrected chi connectivity index (χ1v) is 9.87. The van der Waals surface area contributed by atoms with Crippen LogP contribution in [-0.4, -0.2) is 44.9 Å². The fourth-order valence-electron chi connectivity index (χ4n) is 3.03. The van der Waals surface area contributed by atoms with Gasteiger partial charge in [-0.25, -0.2) is 0 Å². The maximum atomic E-state index is 6.14. The van der Waals surface area contributed by atoms with Gasteiger partial charge in [-0.2, -0.15) is 0 Å². The molecule has 0 N–H and O–H groups in total. The maximum Gasteiger partial charge on any atom is 0.202 e. The van der Waals surface area contributed by atoms with Crippen molar-refractivity contribution in [1.29, 1.82) is 0 Å². The van der Waals surface area contributed by atoms with Crippen LogP contribution in [0.25, 0.3) is 0 Å². The van der Waals surface area contributed by atoms with Crippen molar-refractivity contribution in [1.82, 2.24) is 0 Å². The molecule has 0 aliphatic carbocycles. The quantitative estimate of drug-likeness (QED) is 0.537. The Morgan fingerprint density at radius 2 is 1.58 bits per heavy atom. The van der Waals surface area contributed by atoms with Gasteiger partial charge in [-0.05, 0) is 44.0 Å². The van der Waals surface area contributed by atoms with Gasteiger partial charge in [0.15, 0.2) is 0 Å². The van der Waals surface area contributed by atoms with Crippen molar-refractivity contribution < 1.29 is 23.7 Å². The van der Waals surface area contributed by atoms with Crippen molar-refractivity contribution >= 4 is 0 Å². The number of hydrogen-bond donors (Lipinski definition) is 0. The first kappa shape index (κ1) is 21.0. The Kier molecular flexibility index (Phi) is 9.23. The van der Waals surface area contributed by atoms with Gasteiger partial charge in [0, 0.05) is 19.6 Å². The molecule has 5 heteroatoms. The van der Waals surface area contributed by atoms with Gasteiger partial charge >= 0.3 is 0 Å². The third-order valence-corrected chi connectivity index (χ3v) is 4.59. The molecule has 1 aliphatic heterocycles. The summed E-state index contributed by atoms with van der Waals surface area (Å²) in [5, 5.41) is 0. The van der Waals surface area contributed by atoms with Crippen molar-refractivity contribution in [3.63, 3.8) is 0 Å². The van der Waals surface area contributed by atoms with E-state index >= 15 is 0 Å². The number of hydrogen-bond acceptors (Lipinski definition) is 5. The van der Waals surface area contributed by atoms with Crippen molar-refractivity contribution in [3.8, 4) is 11.5 Å². The van der Waals surface area contributed by atoms with Gasteiger partial charge in [0.2, 0.25) is 6.29 Å². The Labute approximate surface area is 157 Å². The third kappa shape index (κ3) is 6.45. The highest BCUT2D eigenvalue weighted by atomic mass is 16.7. The molecule has 1 heterocycles. The van der Waals surface area contributed by atoms with Crippen LogP contribution in [0.4, 0.5) is 0 Å². The Morgan fingerprint density at radius 3 is 2.19 bits per heavy atom. The van der Waals surface area contributed by atoms with Crippen LogP contribution in [0.5, 0.6) is 11.5 Å². The second kappa shape index (κ2) is 11.4. The van der Waals surface area contributed by atoms with Gasteiger partial charge in [0.05, 0.1) is 19.3 Å². The molecule has 0 spiro atoms. The molecule has 1 unspecified atom stereocenters. The summed E-state index contributed by atoms with van der Waals surface area (Å²) in [4.78, 5) is 0. The molecule has 26 heavy (non-hydrogen) atoms. The Bertz CT molecular complexity index is 490. The fourth-order valence-corrected chi connectivity index (χ4v) is 3.03. The minimum Gasteiger partial charge on any atom is -0.497 e. The number of rotatable bonds is 11. The summed E-state index contributed by atoms with van der Waals surface area (Å²) in [6.07, 6.45) is 4.54. The molecule has 4 atom stereocenters. The predicted octanol–water partition coefficient (Wildman–Crippen LogP) is 4.58. The standard InChI is InChI=1S/C21H34O5/c1-5-7-13-23-19-15-20(25-16(3)21(19)24-14-8-6-2)26-18-11-9-17(22-4)10-12-18/h9-12,16,19-21H,5-8,13-15H2,1-4H3/t16?,19-,20-,21+/m1/s1. The highest BCUT2D eigenvalue weighted by Gasteiger charge is 2.39. The van der Waals surface area contributed by atoms with Gasteiger partial charge in [-0.1, -0.05) is 26.7 Å². The minimum atomic E-state index is -0.337. The highest BCUT2D eigenvalue weighted by Crippen LogP contribution is 2.28. The molecular formula is C21H34O5. The molecule has 1 aromatic rings. The second-order valence-electron chi connectivity index (χ2n) is 6.75. The van der Waals surface area contributed by atoms with Gasteiger partial charge in [0.1, 0.15) is 17.6 Å². The lowest BCUT2D eigenvalue weighted by Crippen LogP contribution is -2.51. The molecule has 1 aliphatic rings. The van der Waals surface area contributed by atoms with Crippen LogP contribution < -0.4 is 9.47 Å². The van der Waals surface area contributed by atoms with Crippen molar-refractivity contribution in [3.05, 3.63) is 24.3 Å². The first-order valence-electron chi connectivity index (χ1n) is 9.87. The minimum absolute atomic E-state index is 0.00888. The van der Waals surface area contributed by atoms with Crippen LogP contribution in [0.3, 0.4) is 0 Å². The van der Waals surface area contributed by atoms with Crippen LogP contribution in [-0.2, 0) is 14.2 Å². The molecule has 148 valence electrons. The van der Waals surface area contributed by atoms with E-state index in [9.17, 15) is 0 Å². The lowest BCUT2D eigenvalue weighted by molar-refractivity contribution is -0.238. The van der Waals surface area contributed by atoms with Crippen LogP contribution in [0.2, 0.25) is 0 Å². The molecular weight excluding hydrogens is 332 g/mol. The highest BCUT2D eigenvalue weighted by molar-refractivity contribution is 5.31. The molecule has 0 amide bonds. The first-order chi connectivity index (χ1) is 12.7. The zero-order valence-corrected chi connectivity index (χ0v) is 16.6. The molecule has 1 saturated heterocycles. The summed E-state index contributed by atoms with van der Waals surface area (Å²) < 4.78 is 29.5. The fraction of sp³-hybridized carbons (Fsp3) is 0.714. The summed E-state index contributed by atoms with van der Waals surface area (Å²) in [7, 11) is 1.65. The molecule has 0 saturated carbocycles. The Hall–Kier alpha value is -1.30. The van der Waals surface area contributed by atoms with Gasteiger partial charge in [0.25, 0.3) is 0 Å². The van der Waals surface area contributed by atoms with Gasteiger partial charge in [-0.15, -0.1) is 0 Å². The number of benzene rings is 1. The van der Waals surface area contributed by atoms with Crippen LogP contribution in [0.1, 0.15) is 52.9 Å². The summed E-state index contributed by atoms with van der Waals surface area (Å²) in [5.41, 5.74) is 0. The van der Waals surface area contributed by atoms with E-state index in [0.29, 0.717) is 6.42 Å². The number of unbranched alkanes of at least 4 members (excludes halogenated alkanes) is 2. The normalized spacial score (nSPS) is 25.8. The summed E-state index contributed by atoms with van der Waals surface area (Å²) in [5.74, 6) is 1.57. The zero-order valence-electron chi connectivity index (χ0n) is 16.6. The summed E-state index contributed by atoms with van der Waals surface area (Å²) in [6, 6.07) is 7.55. The largest absolute Gasteiger partial charge is 0.497 e. The van der Waals surface area contributed by atoms with E-state index in [1.54, 1.807) is 7.11 Å². The number of methoxy groups -OCH3 is 1. The average Bonchev–Trinajstić information content (AvgIpc) is 2.65. The van der Waals surface area contributed by atoms with Crippen molar-refractivity contribution in [2.45, 2.75) is 77.5 Å². The van der Waals surface area contributed by atoms with Crippen molar-refractivity contribution in [2.24, 2.45) is 0 Å². The Morgan fingerprint density at radius 1 is 0.962 bits per heavy atom. The molecule has 0 aromatic heterocycles. The van der Waals surface area contributed by atoms with E-state index in [-0.39, 0.29) is 24.6 Å². The van der Waals surface area contributed by atoms with Gasteiger partial charge in [-0.3, -0.25) is 0 Å². The van der Waals surface area contributed by atoms with Crippen molar-refractivity contribution in [2.75, 3.05) is 20.3 Å². The summed E-state index contributed by atoms with van der Waals surface area (Å²) >= 11 is 0. The topological polar surface area (TPSA) is 46.2 Å². The van der Waals surface area contributed by atoms with E-state index in [4.69, 9.17) is 23.7 Å². The van der Waals surface area contributed by atoms with Crippen LogP contribution >= 0.6 is 0 Å². The SMILES string of the molecule is CCCCO[C@@H]1C[C@@H](Oc2ccc(OC)cc2)OC(C)[C@@H]1OCCCC. The molecule has 1 fully saturated rings. The van der Waals surface area contributed by atoms with E-state index < -0.39 is 0 Å². The molecule has 1 aromatic carbocycles. The average molecular weight is 366 g/mol. The van der Waals surface area contributed by atoms with Gasteiger partial charge < -0.3 is 23.7 Å². The second-order valence-corrected chi connectivity index (χ2v) is 6.75. The molecule has 2 rings (SSSR count). The van der Waals surface area contributed by atoms with Crippen LogP contribution in [0, 0.1) is 0 Å². The number of ether oxygens (including phenoxy) is 5. The lowest BCUT2D eigenvalue weighted by atomic mass is 10.0. The maximum absolute atomic E-state index is 6.14. The third-order valence-electron chi connectivity index (χ3n) is 4.59. The van der Waals surface area contributed by atoms with Crippen LogP contribution in [0.15, 0.2) is 24.3 Å². The monoisotopic (exact) mass is 366 g/mol. The molecule has 0 bridgehead atoms. The Balaban J connectivity index is 1.96. The molecule has 5 nitrogen and oxygen atoms in total. The van der Waals surface area contributed by atoms with E-state index in [2.05, 4.69) is 13.8 Å². The zero-order chi connectivity index (χ0) is 18.8. The van der Waals surface area contributed by atoms with E-state index in [0.717, 1.165) is 50.4 Å². The lowest BCUT2D eigenvalue weighted by Gasteiger charge is -2.40. The predicted molar refractivity (Wildman–Crippen MR) is 102 cm³/mol. The summed E-state index contributed by atoms with van der Waals surface area (Å²) in [6.45, 7) is 7.86. The smallest absolute Gasteiger partial charge is 0.202 e.